The Morgan fingerprint density at radius 3 is 1.23 bits per heavy atom. The molecule has 0 aliphatic carbocycles. The molecule has 0 heterocycles. The van der Waals surface area contributed by atoms with Gasteiger partial charge in [0.2, 0.25) is 0 Å². The average molecular weight is 635 g/mol. The van der Waals surface area contributed by atoms with Gasteiger partial charge < -0.3 is 15.1 Å². The third-order valence-electron chi connectivity index (χ3n) is 8.68. The third-order valence-corrected chi connectivity index (χ3v) is 9.48. The van der Waals surface area contributed by atoms with E-state index in [1.807, 2.05) is 7.05 Å². The first-order valence-corrected chi connectivity index (χ1v) is 20.0. The number of hydrogen-bond donors (Lipinski definition) is 3. The number of aliphatic hydroxyl groups is 2. The summed E-state index contributed by atoms with van der Waals surface area (Å²) in [4.78, 5) is 4.32. The number of rotatable bonds is 34. The molecule has 0 spiro atoms. The van der Waals surface area contributed by atoms with Crippen LogP contribution in [0.1, 0.15) is 168 Å². The van der Waals surface area contributed by atoms with E-state index in [0.717, 1.165) is 45.2 Å². The lowest BCUT2D eigenvalue weighted by molar-refractivity contribution is 0.0587. The molecule has 0 aromatic carbocycles. The first-order valence-electron chi connectivity index (χ1n) is 18.4. The van der Waals surface area contributed by atoms with Crippen LogP contribution in [0.15, 0.2) is 0 Å². The SMILES string of the molecule is CCCCCCCCCCCCC(O)CN(CCCN(C)CCCS(=O)(=O)O)CC(O)CCCCCCCCCCCC. The largest absolute Gasteiger partial charge is 0.392 e. The van der Waals surface area contributed by atoms with Crippen LogP contribution in [-0.4, -0.2) is 90.7 Å². The van der Waals surface area contributed by atoms with Gasteiger partial charge in [0.1, 0.15) is 0 Å². The molecule has 0 radical (unpaired) electrons. The van der Waals surface area contributed by atoms with Crippen molar-refractivity contribution in [1.82, 2.24) is 9.80 Å². The maximum Gasteiger partial charge on any atom is 0.264 e. The third kappa shape index (κ3) is 32.9. The van der Waals surface area contributed by atoms with Crippen molar-refractivity contribution < 1.29 is 23.2 Å². The average Bonchev–Trinajstić information content (AvgIpc) is 2.94. The standard InChI is InChI=1S/C35H74N2O5S/c1-4-6-8-10-12-14-16-18-20-22-26-34(38)32-37(30-24-28-36(3)29-25-31-43(40,41)42)33-35(39)27-23-21-19-17-15-13-11-9-7-5-2/h34-35,38-39H,4-33H2,1-3H3,(H,40,41,42). The predicted octanol–water partition coefficient (Wildman–Crippen LogP) is 8.23. The minimum Gasteiger partial charge on any atom is -0.392 e. The van der Waals surface area contributed by atoms with Crippen molar-refractivity contribution in [3.63, 3.8) is 0 Å². The molecule has 43 heavy (non-hydrogen) atoms. The molecule has 0 fully saturated rings. The van der Waals surface area contributed by atoms with Gasteiger partial charge in [0.15, 0.2) is 0 Å². The molecule has 0 aliphatic heterocycles. The Morgan fingerprint density at radius 1 is 0.512 bits per heavy atom. The molecule has 0 amide bonds. The van der Waals surface area contributed by atoms with Crippen LogP contribution >= 0.6 is 0 Å². The Morgan fingerprint density at radius 2 is 0.860 bits per heavy atom. The summed E-state index contributed by atoms with van der Waals surface area (Å²) in [5, 5.41) is 21.6. The highest BCUT2D eigenvalue weighted by atomic mass is 32.2. The van der Waals surface area contributed by atoms with E-state index in [1.54, 1.807) is 0 Å². The predicted molar refractivity (Wildman–Crippen MR) is 185 cm³/mol. The number of nitrogens with zero attached hydrogens (tertiary/aromatic N) is 2. The van der Waals surface area contributed by atoms with Gasteiger partial charge in [-0.3, -0.25) is 9.45 Å². The zero-order chi connectivity index (χ0) is 32.0. The molecular weight excluding hydrogens is 560 g/mol. The summed E-state index contributed by atoms with van der Waals surface area (Å²) in [6, 6.07) is 0. The minimum atomic E-state index is -3.91. The van der Waals surface area contributed by atoms with Gasteiger partial charge in [-0.25, -0.2) is 0 Å². The highest BCUT2D eigenvalue weighted by Gasteiger charge is 2.16. The van der Waals surface area contributed by atoms with Crippen LogP contribution in [0.4, 0.5) is 0 Å². The summed E-state index contributed by atoms with van der Waals surface area (Å²) in [7, 11) is -1.94. The second-order valence-electron chi connectivity index (χ2n) is 13.3. The van der Waals surface area contributed by atoms with E-state index < -0.39 is 10.1 Å². The van der Waals surface area contributed by atoms with Gasteiger partial charge in [-0.2, -0.15) is 8.42 Å². The molecule has 3 N–H and O–H groups in total. The van der Waals surface area contributed by atoms with Crippen LogP contribution < -0.4 is 0 Å². The Balaban J connectivity index is 4.36. The van der Waals surface area contributed by atoms with Crippen LogP contribution in [0.2, 0.25) is 0 Å². The molecule has 0 aliphatic rings. The zero-order valence-corrected chi connectivity index (χ0v) is 29.6. The van der Waals surface area contributed by atoms with Crippen molar-refractivity contribution in [2.75, 3.05) is 45.5 Å². The Kier molecular flexibility index (Phi) is 30.2. The van der Waals surface area contributed by atoms with Gasteiger partial charge in [-0.05, 0) is 52.4 Å². The Labute approximate surface area is 268 Å². The monoisotopic (exact) mass is 635 g/mol. The van der Waals surface area contributed by atoms with Crippen molar-refractivity contribution in [2.45, 2.75) is 180 Å². The summed E-state index contributed by atoms with van der Waals surface area (Å²) in [6.45, 7) is 7.93. The summed E-state index contributed by atoms with van der Waals surface area (Å²) >= 11 is 0. The van der Waals surface area contributed by atoms with Crippen molar-refractivity contribution in [2.24, 2.45) is 0 Å². The second kappa shape index (κ2) is 30.4. The summed E-state index contributed by atoms with van der Waals surface area (Å²) < 4.78 is 30.9. The molecule has 0 bridgehead atoms. The van der Waals surface area contributed by atoms with Crippen molar-refractivity contribution >= 4 is 10.1 Å². The van der Waals surface area contributed by atoms with Gasteiger partial charge in [-0.15, -0.1) is 0 Å². The molecule has 0 saturated carbocycles. The molecule has 7 nitrogen and oxygen atoms in total. The van der Waals surface area contributed by atoms with Gasteiger partial charge in [-0.1, -0.05) is 142 Å². The first kappa shape index (κ1) is 42.8. The number of unbranched alkanes of at least 4 members (excludes halogenated alkanes) is 18. The van der Waals surface area contributed by atoms with Crippen molar-refractivity contribution in [1.29, 1.82) is 0 Å². The van der Waals surface area contributed by atoms with E-state index in [-0.39, 0.29) is 18.0 Å². The normalized spacial score (nSPS) is 13.8. The fourth-order valence-electron chi connectivity index (χ4n) is 5.96. The van der Waals surface area contributed by atoms with Gasteiger partial charge >= 0.3 is 0 Å². The topological polar surface area (TPSA) is 101 Å². The first-order chi connectivity index (χ1) is 20.7. The van der Waals surface area contributed by atoms with E-state index in [2.05, 4.69) is 23.6 Å². The van der Waals surface area contributed by atoms with E-state index >= 15 is 0 Å². The van der Waals surface area contributed by atoms with Crippen molar-refractivity contribution in [3.8, 4) is 0 Å². The molecular formula is C35H74N2O5S. The second-order valence-corrected chi connectivity index (χ2v) is 14.9. The van der Waals surface area contributed by atoms with Crippen LogP contribution in [-0.2, 0) is 10.1 Å². The smallest absolute Gasteiger partial charge is 0.264 e. The summed E-state index contributed by atoms with van der Waals surface area (Å²) in [6.07, 6.45) is 28.0. The molecule has 0 aromatic rings. The lowest BCUT2D eigenvalue weighted by Crippen LogP contribution is -2.39. The van der Waals surface area contributed by atoms with Crippen molar-refractivity contribution in [3.05, 3.63) is 0 Å². The van der Waals surface area contributed by atoms with Crippen LogP contribution in [0.5, 0.6) is 0 Å². The van der Waals surface area contributed by atoms with Crippen LogP contribution in [0, 0.1) is 0 Å². The van der Waals surface area contributed by atoms with Gasteiger partial charge in [0.25, 0.3) is 10.1 Å². The lowest BCUT2D eigenvalue weighted by atomic mass is 10.0. The summed E-state index contributed by atoms with van der Waals surface area (Å²) in [5.41, 5.74) is 0. The van der Waals surface area contributed by atoms with Gasteiger partial charge in [0, 0.05) is 13.1 Å². The highest BCUT2D eigenvalue weighted by Crippen LogP contribution is 2.15. The lowest BCUT2D eigenvalue weighted by Gasteiger charge is -2.28. The molecule has 0 aromatic heterocycles. The quantitative estimate of drug-likeness (QED) is 0.0484. The maximum absolute atomic E-state index is 11.0. The Hall–Kier alpha value is -0.250. The highest BCUT2D eigenvalue weighted by molar-refractivity contribution is 7.85. The zero-order valence-electron chi connectivity index (χ0n) is 28.8. The minimum absolute atomic E-state index is 0.209. The van der Waals surface area contributed by atoms with E-state index in [0.29, 0.717) is 26.1 Å². The molecule has 8 heteroatoms. The van der Waals surface area contributed by atoms with E-state index in [9.17, 15) is 18.6 Å². The number of aliphatic hydroxyl groups excluding tert-OH is 2. The van der Waals surface area contributed by atoms with E-state index in [4.69, 9.17) is 4.55 Å². The van der Waals surface area contributed by atoms with Crippen LogP contribution in [0.3, 0.4) is 0 Å². The Bertz CT molecular complexity index is 647. The van der Waals surface area contributed by atoms with E-state index in [1.165, 1.54) is 116 Å². The molecule has 0 saturated heterocycles. The van der Waals surface area contributed by atoms with Gasteiger partial charge in [0.05, 0.1) is 18.0 Å². The van der Waals surface area contributed by atoms with Crippen LogP contribution in [0.25, 0.3) is 0 Å². The fourth-order valence-corrected chi connectivity index (χ4v) is 6.46. The molecule has 260 valence electrons. The molecule has 2 unspecified atom stereocenters. The number of hydrogen-bond acceptors (Lipinski definition) is 6. The fraction of sp³-hybridized carbons (Fsp3) is 1.00. The molecule has 0 rings (SSSR count). The summed E-state index contributed by atoms with van der Waals surface area (Å²) in [5.74, 6) is -0.209. The maximum atomic E-state index is 11.0. The molecule has 2 atom stereocenters.